The predicted molar refractivity (Wildman–Crippen MR) is 101 cm³/mol. The molecule has 140 valence electrons. The summed E-state index contributed by atoms with van der Waals surface area (Å²) in [4.78, 5) is 10.7. The van der Waals surface area contributed by atoms with Crippen LogP contribution in [0.3, 0.4) is 0 Å². The minimum atomic E-state index is -3.49. The van der Waals surface area contributed by atoms with E-state index in [-0.39, 0.29) is 5.00 Å². The SMILES string of the molecule is O=[N+]([O-])c1cc(CNCc2ccccc2S(=O)(=O)N2CCCCC2)cs1. The summed E-state index contributed by atoms with van der Waals surface area (Å²) in [5, 5.41) is 15.8. The maximum absolute atomic E-state index is 12.9. The highest BCUT2D eigenvalue weighted by Gasteiger charge is 2.27. The predicted octanol–water partition coefficient (Wildman–Crippen LogP) is 3.12. The van der Waals surface area contributed by atoms with E-state index in [1.54, 1.807) is 27.9 Å². The van der Waals surface area contributed by atoms with Crippen molar-refractivity contribution in [1.29, 1.82) is 0 Å². The van der Waals surface area contributed by atoms with Gasteiger partial charge in [0, 0.05) is 37.6 Å². The van der Waals surface area contributed by atoms with E-state index < -0.39 is 14.9 Å². The molecule has 0 aliphatic carbocycles. The standard InChI is InChI=1S/C17H21N3O4S2/c21-20(22)17-10-14(13-25-17)11-18-12-15-6-2-3-7-16(15)26(23,24)19-8-4-1-5-9-19/h2-3,6-7,10,13,18H,1,4-5,8-9,11-12H2. The summed E-state index contributed by atoms with van der Waals surface area (Å²) in [6, 6.07) is 8.55. The molecule has 1 N–H and O–H groups in total. The summed E-state index contributed by atoms with van der Waals surface area (Å²) in [5.74, 6) is 0. The first-order valence-corrected chi connectivity index (χ1v) is 10.8. The second kappa shape index (κ2) is 8.26. The number of piperidine rings is 1. The molecule has 0 saturated carbocycles. The van der Waals surface area contributed by atoms with Crippen molar-refractivity contribution in [2.75, 3.05) is 13.1 Å². The number of nitrogens with one attached hydrogen (secondary N) is 1. The fraction of sp³-hybridized carbons (Fsp3) is 0.412. The Morgan fingerprint density at radius 3 is 2.58 bits per heavy atom. The lowest BCUT2D eigenvalue weighted by Crippen LogP contribution is -2.36. The Bertz CT molecular complexity index is 874. The topological polar surface area (TPSA) is 92.5 Å². The molecule has 0 atom stereocenters. The summed E-state index contributed by atoms with van der Waals surface area (Å²) in [7, 11) is -3.49. The highest BCUT2D eigenvalue weighted by atomic mass is 32.2. The molecule has 0 spiro atoms. The van der Waals surface area contributed by atoms with Crippen molar-refractivity contribution in [2.45, 2.75) is 37.2 Å². The lowest BCUT2D eigenvalue weighted by molar-refractivity contribution is -0.380. The molecule has 0 radical (unpaired) electrons. The van der Waals surface area contributed by atoms with Crippen molar-refractivity contribution in [3.63, 3.8) is 0 Å². The first-order chi connectivity index (χ1) is 12.5. The van der Waals surface area contributed by atoms with Crippen LogP contribution in [-0.4, -0.2) is 30.7 Å². The van der Waals surface area contributed by atoms with Gasteiger partial charge in [-0.25, -0.2) is 8.42 Å². The van der Waals surface area contributed by atoms with Crippen LogP contribution in [0, 0.1) is 10.1 Å². The van der Waals surface area contributed by atoms with E-state index in [0.717, 1.165) is 36.2 Å². The van der Waals surface area contributed by atoms with Crippen LogP contribution in [0.1, 0.15) is 30.4 Å². The molecule has 1 aliphatic heterocycles. The molecule has 1 aliphatic rings. The first kappa shape index (κ1) is 19.0. The number of nitrogens with zero attached hydrogens (tertiary/aromatic N) is 2. The fourth-order valence-corrected chi connectivity index (χ4v) is 5.51. The summed E-state index contributed by atoms with van der Waals surface area (Å²) in [6.07, 6.45) is 2.87. The van der Waals surface area contributed by atoms with Gasteiger partial charge in [-0.1, -0.05) is 36.0 Å². The molecule has 7 nitrogen and oxygen atoms in total. The Morgan fingerprint density at radius 1 is 1.15 bits per heavy atom. The average molecular weight is 396 g/mol. The van der Waals surface area contributed by atoms with Crippen molar-refractivity contribution in [3.8, 4) is 0 Å². The summed E-state index contributed by atoms with van der Waals surface area (Å²) < 4.78 is 27.5. The average Bonchev–Trinajstić information content (AvgIpc) is 3.12. The highest BCUT2D eigenvalue weighted by Crippen LogP contribution is 2.24. The van der Waals surface area contributed by atoms with Gasteiger partial charge >= 0.3 is 5.00 Å². The Labute approximate surface area is 156 Å². The second-order valence-electron chi connectivity index (χ2n) is 6.23. The van der Waals surface area contributed by atoms with Gasteiger partial charge in [-0.15, -0.1) is 0 Å². The molecule has 0 amide bonds. The van der Waals surface area contributed by atoms with Crippen LogP contribution < -0.4 is 5.32 Å². The third-order valence-corrected chi connectivity index (χ3v) is 7.30. The zero-order chi connectivity index (χ0) is 18.6. The molecule has 0 unspecified atom stereocenters. The Morgan fingerprint density at radius 2 is 1.88 bits per heavy atom. The van der Waals surface area contributed by atoms with Crippen molar-refractivity contribution in [3.05, 3.63) is 57.0 Å². The van der Waals surface area contributed by atoms with Gasteiger partial charge < -0.3 is 5.32 Å². The van der Waals surface area contributed by atoms with Crippen molar-refractivity contribution in [1.82, 2.24) is 9.62 Å². The first-order valence-electron chi connectivity index (χ1n) is 8.49. The maximum Gasteiger partial charge on any atom is 0.324 e. The van der Waals surface area contributed by atoms with Gasteiger partial charge in [0.25, 0.3) is 0 Å². The summed E-state index contributed by atoms with van der Waals surface area (Å²) in [6.45, 7) is 1.97. The zero-order valence-electron chi connectivity index (χ0n) is 14.3. The molecule has 1 aromatic carbocycles. The molecule has 2 heterocycles. The third kappa shape index (κ3) is 4.29. The minimum Gasteiger partial charge on any atom is -0.309 e. The van der Waals surface area contributed by atoms with E-state index in [2.05, 4.69) is 5.32 Å². The number of thiophene rings is 1. The van der Waals surface area contributed by atoms with Crippen molar-refractivity contribution in [2.24, 2.45) is 0 Å². The van der Waals surface area contributed by atoms with Crippen molar-refractivity contribution < 1.29 is 13.3 Å². The van der Waals surface area contributed by atoms with E-state index in [0.29, 0.717) is 36.6 Å². The molecule has 26 heavy (non-hydrogen) atoms. The Balaban J connectivity index is 1.69. The van der Waals surface area contributed by atoms with Crippen LogP contribution in [0.5, 0.6) is 0 Å². The number of nitro groups is 1. The Hall–Kier alpha value is -1.81. The van der Waals surface area contributed by atoms with Crippen LogP contribution in [0.15, 0.2) is 40.6 Å². The van der Waals surface area contributed by atoms with E-state index in [4.69, 9.17) is 0 Å². The molecule has 2 aromatic rings. The normalized spacial score (nSPS) is 15.8. The summed E-state index contributed by atoms with van der Waals surface area (Å²) >= 11 is 1.09. The molecule has 0 bridgehead atoms. The number of benzene rings is 1. The number of hydrogen-bond acceptors (Lipinski definition) is 6. The van der Waals surface area contributed by atoms with Crippen LogP contribution in [0.25, 0.3) is 0 Å². The number of sulfonamides is 1. The van der Waals surface area contributed by atoms with E-state index in [9.17, 15) is 18.5 Å². The molecule has 9 heteroatoms. The van der Waals surface area contributed by atoms with Gasteiger partial charge in [-0.05, 0) is 30.0 Å². The molecular formula is C17H21N3O4S2. The molecular weight excluding hydrogens is 374 g/mol. The van der Waals surface area contributed by atoms with E-state index >= 15 is 0 Å². The quantitative estimate of drug-likeness (QED) is 0.574. The van der Waals surface area contributed by atoms with Crippen LogP contribution in [0.4, 0.5) is 5.00 Å². The van der Waals surface area contributed by atoms with Gasteiger partial charge in [0.15, 0.2) is 0 Å². The highest BCUT2D eigenvalue weighted by molar-refractivity contribution is 7.89. The van der Waals surface area contributed by atoms with Gasteiger partial charge in [-0.2, -0.15) is 4.31 Å². The largest absolute Gasteiger partial charge is 0.324 e. The smallest absolute Gasteiger partial charge is 0.309 e. The molecule has 3 rings (SSSR count). The number of rotatable bonds is 7. The Kier molecular flexibility index (Phi) is 6.02. The zero-order valence-corrected chi connectivity index (χ0v) is 15.9. The monoisotopic (exact) mass is 395 g/mol. The number of hydrogen-bond donors (Lipinski definition) is 1. The van der Waals surface area contributed by atoms with Gasteiger partial charge in [0.05, 0.1) is 9.82 Å². The lowest BCUT2D eigenvalue weighted by atomic mass is 10.2. The second-order valence-corrected chi connectivity index (χ2v) is 9.02. The molecule has 1 saturated heterocycles. The van der Waals surface area contributed by atoms with Gasteiger partial charge in [-0.3, -0.25) is 10.1 Å². The van der Waals surface area contributed by atoms with Crippen LogP contribution in [0.2, 0.25) is 0 Å². The van der Waals surface area contributed by atoms with Crippen LogP contribution in [-0.2, 0) is 23.1 Å². The minimum absolute atomic E-state index is 0.106. The van der Waals surface area contributed by atoms with Crippen molar-refractivity contribution >= 4 is 26.4 Å². The van der Waals surface area contributed by atoms with Gasteiger partial charge in [0.1, 0.15) is 0 Å². The fourth-order valence-electron chi connectivity index (χ4n) is 3.04. The van der Waals surface area contributed by atoms with E-state index in [1.165, 1.54) is 6.07 Å². The molecule has 1 aromatic heterocycles. The summed E-state index contributed by atoms with van der Waals surface area (Å²) in [5.41, 5.74) is 1.53. The lowest BCUT2D eigenvalue weighted by Gasteiger charge is -2.26. The van der Waals surface area contributed by atoms with E-state index in [1.807, 2.05) is 6.07 Å². The van der Waals surface area contributed by atoms with Crippen LogP contribution >= 0.6 is 11.3 Å². The third-order valence-electron chi connectivity index (χ3n) is 4.37. The molecule has 1 fully saturated rings. The maximum atomic E-state index is 12.9. The van der Waals surface area contributed by atoms with Gasteiger partial charge in [0.2, 0.25) is 10.0 Å².